The zero-order chi connectivity index (χ0) is 28.7. The summed E-state index contributed by atoms with van der Waals surface area (Å²) in [4.78, 5) is 17.9. The Morgan fingerprint density at radius 3 is 2.33 bits per heavy atom. The van der Waals surface area contributed by atoms with E-state index in [4.69, 9.17) is 4.98 Å². The Labute approximate surface area is 229 Å². The van der Waals surface area contributed by atoms with Crippen LogP contribution in [-0.2, 0) is 0 Å². The average Bonchev–Trinajstić information content (AvgIpc) is 3.21. The van der Waals surface area contributed by atoms with Crippen LogP contribution >= 0.6 is 0 Å². The van der Waals surface area contributed by atoms with Crippen molar-refractivity contribution in [2.24, 2.45) is 11.3 Å². The Hall–Kier alpha value is -4.08. The number of halogens is 4. The minimum atomic E-state index is -4.77. The maximum absolute atomic E-state index is 13.3. The molecule has 1 aliphatic carbocycles. The SMILES string of the molecule is C[C@@H]1C[C@H](n2c(Nc3ccc(OC(F)(F)F)cc3)nc3ccc(C(=O)Nc4ccc(F)cc4)cc32)CC(C)(C)C1. The third-order valence-electron chi connectivity index (χ3n) is 7.13. The summed E-state index contributed by atoms with van der Waals surface area (Å²) < 4.78 is 57.2. The van der Waals surface area contributed by atoms with Gasteiger partial charge in [-0.25, -0.2) is 9.37 Å². The molecular weight excluding hydrogens is 524 g/mol. The molecule has 0 unspecified atom stereocenters. The molecule has 0 saturated heterocycles. The third kappa shape index (κ3) is 6.38. The molecule has 0 aliphatic heterocycles. The van der Waals surface area contributed by atoms with Gasteiger partial charge in [-0.05, 0) is 97.3 Å². The second-order valence-corrected chi connectivity index (χ2v) is 11.2. The molecule has 10 heteroatoms. The highest BCUT2D eigenvalue weighted by Gasteiger charge is 2.35. The van der Waals surface area contributed by atoms with Crippen molar-refractivity contribution in [1.82, 2.24) is 9.55 Å². The molecule has 1 amide bonds. The van der Waals surface area contributed by atoms with Crippen LogP contribution in [0.4, 0.5) is 34.9 Å². The summed E-state index contributed by atoms with van der Waals surface area (Å²) >= 11 is 0. The standard InChI is InChI=1S/C30H30F4N4O2/c1-18-14-23(17-29(2,3)16-18)38-26-15-19(27(39)35-21-7-5-20(31)6-8-21)4-13-25(26)37-28(38)36-22-9-11-24(12-10-22)40-30(32,33)34/h4-13,15,18,23H,14,16-17H2,1-3H3,(H,35,39)(H,36,37)/t18-,23+/m1/s1. The Balaban J connectivity index is 1.51. The van der Waals surface area contributed by atoms with E-state index in [2.05, 4.69) is 40.7 Å². The lowest BCUT2D eigenvalue weighted by Gasteiger charge is -2.40. The number of alkyl halides is 3. The van der Waals surface area contributed by atoms with Gasteiger partial charge in [-0.3, -0.25) is 4.79 Å². The van der Waals surface area contributed by atoms with Gasteiger partial charge in [0.1, 0.15) is 11.6 Å². The highest BCUT2D eigenvalue weighted by molar-refractivity contribution is 6.06. The highest BCUT2D eigenvalue weighted by atomic mass is 19.4. The van der Waals surface area contributed by atoms with Crippen LogP contribution in [0.2, 0.25) is 0 Å². The van der Waals surface area contributed by atoms with Crippen molar-refractivity contribution >= 4 is 34.3 Å². The summed E-state index contributed by atoms with van der Waals surface area (Å²) in [7, 11) is 0. The van der Waals surface area contributed by atoms with Crippen LogP contribution in [0.5, 0.6) is 5.75 Å². The molecule has 6 nitrogen and oxygen atoms in total. The van der Waals surface area contributed by atoms with Gasteiger partial charge in [0.2, 0.25) is 5.95 Å². The second kappa shape index (κ2) is 10.5. The average molecular weight is 555 g/mol. The number of fused-ring (bicyclic) bond motifs is 1. The number of nitrogens with one attached hydrogen (secondary N) is 2. The fourth-order valence-electron chi connectivity index (χ4n) is 5.79. The third-order valence-corrected chi connectivity index (χ3v) is 7.13. The minimum Gasteiger partial charge on any atom is -0.406 e. The number of anilines is 3. The first-order chi connectivity index (χ1) is 18.8. The molecule has 2 N–H and O–H groups in total. The lowest BCUT2D eigenvalue weighted by atomic mass is 9.70. The van der Waals surface area contributed by atoms with Crippen LogP contribution in [0.3, 0.4) is 0 Å². The Morgan fingerprint density at radius 1 is 1.00 bits per heavy atom. The lowest BCUT2D eigenvalue weighted by molar-refractivity contribution is -0.274. The first-order valence-corrected chi connectivity index (χ1v) is 13.1. The number of benzene rings is 3. The van der Waals surface area contributed by atoms with Crippen molar-refractivity contribution < 1.29 is 27.1 Å². The largest absolute Gasteiger partial charge is 0.573 e. The predicted octanol–water partition coefficient (Wildman–Crippen LogP) is 8.46. The zero-order valence-corrected chi connectivity index (χ0v) is 22.3. The molecule has 0 bridgehead atoms. The lowest BCUT2D eigenvalue weighted by Crippen LogP contribution is -2.29. The summed E-state index contributed by atoms with van der Waals surface area (Å²) in [6.07, 6.45) is -1.88. The molecular formula is C30H30F4N4O2. The summed E-state index contributed by atoms with van der Waals surface area (Å²) in [6.45, 7) is 6.70. The maximum atomic E-state index is 13.3. The number of carbonyl (C=O) groups excluding carboxylic acids is 1. The molecule has 210 valence electrons. The number of imidazole rings is 1. The van der Waals surface area contributed by atoms with Crippen molar-refractivity contribution in [3.05, 3.63) is 78.1 Å². The van der Waals surface area contributed by atoms with Gasteiger partial charge in [-0.2, -0.15) is 0 Å². The van der Waals surface area contributed by atoms with Crippen molar-refractivity contribution in [1.29, 1.82) is 0 Å². The van der Waals surface area contributed by atoms with Gasteiger partial charge in [0.05, 0.1) is 11.0 Å². The first kappa shape index (κ1) is 27.5. The molecule has 0 spiro atoms. The molecule has 1 aromatic heterocycles. The molecule has 1 fully saturated rings. The zero-order valence-electron chi connectivity index (χ0n) is 22.3. The number of carbonyl (C=O) groups is 1. The molecule has 1 aliphatic rings. The molecule has 0 radical (unpaired) electrons. The number of hydrogen-bond donors (Lipinski definition) is 2. The van der Waals surface area contributed by atoms with Crippen LogP contribution in [0.15, 0.2) is 66.7 Å². The van der Waals surface area contributed by atoms with Gasteiger partial charge in [-0.1, -0.05) is 20.8 Å². The molecule has 2 atom stereocenters. The van der Waals surface area contributed by atoms with Crippen molar-refractivity contribution in [2.75, 3.05) is 10.6 Å². The summed E-state index contributed by atoms with van der Waals surface area (Å²) in [6, 6.07) is 16.3. The summed E-state index contributed by atoms with van der Waals surface area (Å²) in [5.74, 6) is -0.0524. The van der Waals surface area contributed by atoms with E-state index in [-0.39, 0.29) is 23.1 Å². The molecule has 4 aromatic rings. The van der Waals surface area contributed by atoms with E-state index in [0.29, 0.717) is 34.3 Å². The monoisotopic (exact) mass is 554 g/mol. The predicted molar refractivity (Wildman–Crippen MR) is 146 cm³/mol. The fourth-order valence-corrected chi connectivity index (χ4v) is 5.79. The smallest absolute Gasteiger partial charge is 0.406 e. The number of ether oxygens (including phenoxy) is 1. The van der Waals surface area contributed by atoms with Crippen molar-refractivity contribution in [3.8, 4) is 5.75 Å². The van der Waals surface area contributed by atoms with Gasteiger partial charge in [0.15, 0.2) is 0 Å². The van der Waals surface area contributed by atoms with Gasteiger partial charge >= 0.3 is 6.36 Å². The van der Waals surface area contributed by atoms with E-state index in [1.54, 1.807) is 18.2 Å². The number of amides is 1. The first-order valence-electron chi connectivity index (χ1n) is 13.1. The summed E-state index contributed by atoms with van der Waals surface area (Å²) in [5, 5.41) is 6.06. The molecule has 5 rings (SSSR count). The number of aromatic nitrogens is 2. The van der Waals surface area contributed by atoms with E-state index < -0.39 is 12.2 Å². The topological polar surface area (TPSA) is 68.2 Å². The molecule has 40 heavy (non-hydrogen) atoms. The van der Waals surface area contributed by atoms with Gasteiger partial charge in [0.25, 0.3) is 5.91 Å². The van der Waals surface area contributed by atoms with Crippen LogP contribution < -0.4 is 15.4 Å². The minimum absolute atomic E-state index is 0.0782. The van der Waals surface area contributed by atoms with Crippen LogP contribution in [0.1, 0.15) is 56.4 Å². The van der Waals surface area contributed by atoms with E-state index in [9.17, 15) is 22.4 Å². The maximum Gasteiger partial charge on any atom is 0.573 e. The normalized spacial score (nSPS) is 18.9. The van der Waals surface area contributed by atoms with Gasteiger partial charge in [-0.15, -0.1) is 13.2 Å². The number of hydrogen-bond acceptors (Lipinski definition) is 4. The molecule has 3 aromatic carbocycles. The van der Waals surface area contributed by atoms with E-state index in [1.165, 1.54) is 48.5 Å². The molecule has 1 heterocycles. The molecule has 1 saturated carbocycles. The highest BCUT2D eigenvalue weighted by Crippen LogP contribution is 2.46. The van der Waals surface area contributed by atoms with E-state index in [1.807, 2.05) is 0 Å². The van der Waals surface area contributed by atoms with E-state index in [0.717, 1.165) is 24.8 Å². The Kier molecular flexibility index (Phi) is 7.20. The Morgan fingerprint density at radius 2 is 1.68 bits per heavy atom. The van der Waals surface area contributed by atoms with Crippen LogP contribution in [0.25, 0.3) is 11.0 Å². The Bertz CT molecular complexity index is 1510. The van der Waals surface area contributed by atoms with Gasteiger partial charge in [0, 0.05) is 23.0 Å². The quantitative estimate of drug-likeness (QED) is 0.235. The van der Waals surface area contributed by atoms with Gasteiger partial charge < -0.3 is 19.9 Å². The van der Waals surface area contributed by atoms with Crippen LogP contribution in [0, 0.1) is 17.2 Å². The summed E-state index contributed by atoms with van der Waals surface area (Å²) in [5.41, 5.74) is 2.97. The number of nitrogens with zero attached hydrogens (tertiary/aromatic N) is 2. The second-order valence-electron chi connectivity index (χ2n) is 11.2. The van der Waals surface area contributed by atoms with Crippen molar-refractivity contribution in [2.45, 2.75) is 52.4 Å². The van der Waals surface area contributed by atoms with Crippen molar-refractivity contribution in [3.63, 3.8) is 0 Å². The van der Waals surface area contributed by atoms with E-state index >= 15 is 0 Å². The fraction of sp³-hybridized carbons (Fsp3) is 0.333. The van der Waals surface area contributed by atoms with Crippen LogP contribution in [-0.4, -0.2) is 21.8 Å². The number of rotatable bonds is 6.